The van der Waals surface area contributed by atoms with Crippen molar-refractivity contribution in [1.82, 2.24) is 9.88 Å². The van der Waals surface area contributed by atoms with E-state index in [1.165, 1.54) is 11.0 Å². The zero-order valence-corrected chi connectivity index (χ0v) is 20.1. The highest BCUT2D eigenvalue weighted by molar-refractivity contribution is 6.25. The number of hydrogen-bond donors (Lipinski definition) is 6. The van der Waals surface area contributed by atoms with E-state index >= 15 is 0 Å². The molecule has 0 saturated heterocycles. The fraction of sp³-hybridized carbons (Fsp3) is 0.308. The average Bonchev–Trinajstić information content (AvgIpc) is 2.83. The topological polar surface area (TPSA) is 200 Å². The van der Waals surface area contributed by atoms with Crippen LogP contribution < -0.4 is 11.5 Å². The molecule has 1 heterocycles. The minimum absolute atomic E-state index is 0.00143. The normalized spacial score (nSPS) is 27.2. The van der Waals surface area contributed by atoms with Crippen LogP contribution in [-0.4, -0.2) is 73.5 Å². The lowest BCUT2D eigenvalue weighted by atomic mass is 9.58. The minimum atomic E-state index is -2.69. The van der Waals surface area contributed by atoms with Crippen LogP contribution in [0.4, 0.5) is 5.69 Å². The number of fused-ring (bicyclic) bond motifs is 3. The van der Waals surface area contributed by atoms with Gasteiger partial charge in [-0.25, -0.2) is 0 Å². The van der Waals surface area contributed by atoms with E-state index in [4.69, 9.17) is 11.5 Å². The van der Waals surface area contributed by atoms with Gasteiger partial charge >= 0.3 is 0 Å². The second kappa shape index (κ2) is 8.15. The molecule has 1 amide bonds. The molecule has 3 aliphatic rings. The van der Waals surface area contributed by atoms with Gasteiger partial charge in [-0.2, -0.15) is 0 Å². The van der Waals surface area contributed by atoms with E-state index in [0.717, 1.165) is 0 Å². The van der Waals surface area contributed by atoms with Gasteiger partial charge in [-0.1, -0.05) is 6.07 Å². The molecule has 2 aromatic rings. The van der Waals surface area contributed by atoms with Crippen LogP contribution in [0.15, 0.2) is 53.1 Å². The highest BCUT2D eigenvalue weighted by Gasteiger charge is 2.63. The zero-order valence-electron chi connectivity index (χ0n) is 20.1. The number of amides is 1. The molecule has 0 bridgehead atoms. The van der Waals surface area contributed by atoms with Gasteiger partial charge in [0.1, 0.15) is 22.8 Å². The number of aliphatic hydroxyl groups is 3. The number of likely N-dealkylation sites (N-methyl/N-ethyl adjacent to an activating group) is 1. The van der Waals surface area contributed by atoms with Crippen LogP contribution >= 0.6 is 0 Å². The minimum Gasteiger partial charge on any atom is -0.510 e. The molecule has 1 aromatic carbocycles. The van der Waals surface area contributed by atoms with Crippen molar-refractivity contribution >= 4 is 23.2 Å². The van der Waals surface area contributed by atoms with Gasteiger partial charge in [0.25, 0.3) is 5.91 Å². The Balaban J connectivity index is 1.76. The van der Waals surface area contributed by atoms with Gasteiger partial charge in [-0.3, -0.25) is 24.3 Å². The zero-order chi connectivity index (χ0) is 27.0. The number of nitrogens with zero attached hydrogens (tertiary/aromatic N) is 2. The number of pyridine rings is 1. The highest BCUT2D eigenvalue weighted by atomic mass is 16.3. The number of nitrogen functional groups attached to an aromatic ring is 1. The largest absolute Gasteiger partial charge is 0.510 e. The number of Topliss-reactive ketones (excluding diaryl/α,β-unsaturated/α-hetero) is 2. The molecule has 0 fully saturated rings. The van der Waals surface area contributed by atoms with Gasteiger partial charge in [-0.15, -0.1) is 0 Å². The third kappa shape index (κ3) is 3.20. The number of ketones is 2. The van der Waals surface area contributed by atoms with Gasteiger partial charge in [0.05, 0.1) is 23.0 Å². The smallest absolute Gasteiger partial charge is 0.255 e. The number of aliphatic hydroxyl groups excluding tert-OH is 2. The summed E-state index contributed by atoms with van der Waals surface area (Å²) >= 11 is 0. The molecule has 3 aliphatic carbocycles. The maximum absolute atomic E-state index is 13.8. The van der Waals surface area contributed by atoms with Crippen molar-refractivity contribution < 1.29 is 34.8 Å². The Bertz CT molecular complexity index is 1450. The third-order valence-electron chi connectivity index (χ3n) is 7.69. The number of carbonyl (C=O) groups is 3. The molecule has 0 saturated carbocycles. The van der Waals surface area contributed by atoms with Crippen LogP contribution in [-0.2, 0) is 16.0 Å². The molecule has 11 heteroatoms. The number of phenolic OH excluding ortho intramolecular Hbond substituents is 1. The van der Waals surface area contributed by atoms with E-state index in [-0.39, 0.29) is 29.7 Å². The second-order valence-corrected chi connectivity index (χ2v) is 9.89. The summed E-state index contributed by atoms with van der Waals surface area (Å²) in [5.41, 5.74) is 8.86. The SMILES string of the molecule is CN(C)[C@@H]1C(O)=C(C(N)=O)C(=O)[C@@]2(O)C(O)=C3C(=O)c4c(O)c(N)cc(-c5ccccn5)c4C[C@H]3C[C@@H]12. The summed E-state index contributed by atoms with van der Waals surface area (Å²) < 4.78 is 0. The van der Waals surface area contributed by atoms with Crippen molar-refractivity contribution in [2.24, 2.45) is 17.6 Å². The fourth-order valence-electron chi connectivity index (χ4n) is 6.09. The van der Waals surface area contributed by atoms with Crippen LogP contribution in [0, 0.1) is 11.8 Å². The van der Waals surface area contributed by atoms with Crippen LogP contribution in [0.5, 0.6) is 5.75 Å². The molecular weight excluding hydrogens is 480 g/mol. The van der Waals surface area contributed by atoms with Crippen molar-refractivity contribution in [2.45, 2.75) is 24.5 Å². The van der Waals surface area contributed by atoms with Crippen molar-refractivity contribution in [2.75, 3.05) is 19.8 Å². The summed E-state index contributed by atoms with van der Waals surface area (Å²) in [6.45, 7) is 0. The first-order valence-corrected chi connectivity index (χ1v) is 11.6. The Morgan fingerprint density at radius 3 is 2.49 bits per heavy atom. The Kier molecular flexibility index (Phi) is 5.39. The first kappa shape index (κ1) is 24.5. The molecule has 1 aromatic heterocycles. The monoisotopic (exact) mass is 506 g/mol. The molecule has 4 atom stereocenters. The van der Waals surface area contributed by atoms with Crippen LogP contribution in [0.25, 0.3) is 11.3 Å². The predicted octanol–water partition coefficient (Wildman–Crippen LogP) is 0.765. The van der Waals surface area contributed by atoms with Crippen LogP contribution in [0.3, 0.4) is 0 Å². The van der Waals surface area contributed by atoms with E-state index in [1.807, 2.05) is 0 Å². The summed E-state index contributed by atoms with van der Waals surface area (Å²) in [5, 5.41) is 44.6. The molecule has 0 spiro atoms. The van der Waals surface area contributed by atoms with E-state index in [0.29, 0.717) is 16.8 Å². The Labute approximate surface area is 211 Å². The van der Waals surface area contributed by atoms with Gasteiger partial charge in [0.15, 0.2) is 11.4 Å². The number of hydrogen-bond acceptors (Lipinski definition) is 10. The average molecular weight is 507 g/mol. The Hall–Kier alpha value is -4.22. The molecule has 5 rings (SSSR count). The van der Waals surface area contributed by atoms with E-state index in [9.17, 15) is 34.8 Å². The third-order valence-corrected chi connectivity index (χ3v) is 7.69. The lowest BCUT2D eigenvalue weighted by Crippen LogP contribution is -2.63. The van der Waals surface area contributed by atoms with Gasteiger partial charge < -0.3 is 31.9 Å². The Morgan fingerprint density at radius 1 is 1.19 bits per heavy atom. The molecule has 0 unspecified atom stereocenters. The summed E-state index contributed by atoms with van der Waals surface area (Å²) in [7, 11) is 3.15. The van der Waals surface area contributed by atoms with Crippen molar-refractivity contribution in [3.63, 3.8) is 0 Å². The quantitative estimate of drug-likeness (QED) is 0.196. The lowest BCUT2D eigenvalue weighted by molar-refractivity contribution is -0.148. The number of allylic oxidation sites excluding steroid dienone is 1. The summed E-state index contributed by atoms with van der Waals surface area (Å²) in [6.07, 6.45) is 1.72. The molecule has 0 aliphatic heterocycles. The van der Waals surface area contributed by atoms with Gasteiger partial charge in [0, 0.05) is 23.3 Å². The van der Waals surface area contributed by atoms with E-state index in [2.05, 4.69) is 4.98 Å². The number of aromatic hydroxyl groups is 1. The predicted molar refractivity (Wildman–Crippen MR) is 131 cm³/mol. The number of primary amides is 1. The fourth-order valence-corrected chi connectivity index (χ4v) is 6.09. The van der Waals surface area contributed by atoms with Crippen molar-refractivity contribution in [3.8, 4) is 17.0 Å². The molecule has 0 radical (unpaired) electrons. The molecule has 192 valence electrons. The first-order chi connectivity index (χ1) is 17.4. The van der Waals surface area contributed by atoms with Crippen LogP contribution in [0.2, 0.25) is 0 Å². The lowest BCUT2D eigenvalue weighted by Gasteiger charge is -2.50. The summed E-state index contributed by atoms with van der Waals surface area (Å²) in [4.78, 5) is 45.0. The highest BCUT2D eigenvalue weighted by Crippen LogP contribution is 2.53. The number of phenols is 1. The van der Waals surface area contributed by atoms with Gasteiger partial charge in [-0.05, 0) is 56.6 Å². The maximum Gasteiger partial charge on any atom is 0.255 e. The second-order valence-electron chi connectivity index (χ2n) is 9.89. The molecule has 11 nitrogen and oxygen atoms in total. The number of benzene rings is 1. The Morgan fingerprint density at radius 2 is 1.89 bits per heavy atom. The molecule has 37 heavy (non-hydrogen) atoms. The summed E-state index contributed by atoms with van der Waals surface area (Å²) in [5.74, 6) is -7.16. The number of carbonyl (C=O) groups excluding carboxylic acids is 3. The standard InChI is InChI=1S/C26H26N4O7/c1-30(2)19-13-8-10-7-12-11(15-5-3-4-6-29-15)9-14(27)20(31)17(12)21(32)16(10)23(34)26(13,37)24(35)18(22(19)33)25(28)36/h3-6,9-10,13,19,31,33-34,37H,7-8,27H2,1-2H3,(H2,28,36)/t10-,13-,19-,26-/m0/s1. The molecule has 8 N–H and O–H groups in total. The summed E-state index contributed by atoms with van der Waals surface area (Å²) in [6, 6.07) is 5.70. The van der Waals surface area contributed by atoms with Gasteiger partial charge in [0.2, 0.25) is 5.78 Å². The number of aromatic nitrogens is 1. The molecular formula is C26H26N4O7. The van der Waals surface area contributed by atoms with Crippen molar-refractivity contribution in [1.29, 1.82) is 0 Å². The first-order valence-electron chi connectivity index (χ1n) is 11.6. The van der Waals surface area contributed by atoms with E-state index in [1.54, 1.807) is 38.5 Å². The maximum atomic E-state index is 13.8. The number of anilines is 1. The number of rotatable bonds is 3. The number of nitrogens with two attached hydrogens (primary N) is 2. The van der Waals surface area contributed by atoms with Crippen molar-refractivity contribution in [3.05, 3.63) is 64.3 Å². The van der Waals surface area contributed by atoms with Crippen LogP contribution in [0.1, 0.15) is 22.3 Å². The van der Waals surface area contributed by atoms with E-state index < -0.39 is 63.8 Å².